The van der Waals surface area contributed by atoms with Crippen molar-refractivity contribution in [1.82, 2.24) is 0 Å². The molecule has 2 amide bonds. The lowest BCUT2D eigenvalue weighted by atomic mass is 9.85. The maximum Gasteiger partial charge on any atom is 0.338 e. The molecule has 1 aliphatic heterocycles. The van der Waals surface area contributed by atoms with Crippen LogP contribution in [-0.2, 0) is 14.3 Å². The molecule has 0 aromatic heterocycles. The summed E-state index contributed by atoms with van der Waals surface area (Å²) in [7, 11) is 0. The monoisotopic (exact) mass is 439 g/mol. The van der Waals surface area contributed by atoms with Gasteiger partial charge in [-0.15, -0.1) is 0 Å². The molecule has 1 fully saturated rings. The Morgan fingerprint density at radius 1 is 0.788 bits per heavy atom. The quantitative estimate of drug-likeness (QED) is 0.256. The molecule has 0 unspecified atom stereocenters. The van der Waals surface area contributed by atoms with Gasteiger partial charge in [0.25, 0.3) is 0 Å². The lowest BCUT2D eigenvalue weighted by Crippen LogP contribution is -2.30. The standard InChI is InChI=1S/C27H21NO5/c29-24(20-10-9-17-5-1-2-6-19(17)15-20)16-33-27(32)18-11-13-21(14-12-18)28-25(30)22-7-3-4-8-23(22)26(28)31/h1-6,9-15,22-23H,7-8,16H2/t22-,23-/m1/s1. The second-order valence-corrected chi connectivity index (χ2v) is 8.28. The van der Waals surface area contributed by atoms with Crippen LogP contribution in [0.15, 0.2) is 78.9 Å². The Bertz CT molecular complexity index is 1280. The summed E-state index contributed by atoms with van der Waals surface area (Å²) < 4.78 is 5.20. The van der Waals surface area contributed by atoms with Crippen molar-refractivity contribution in [3.63, 3.8) is 0 Å². The minimum absolute atomic E-state index is 0.203. The number of amides is 2. The number of ketones is 1. The number of Topliss-reactive ketones (excluding diaryl/α,β-unsaturated/α-hetero) is 1. The molecule has 6 nitrogen and oxygen atoms in total. The molecule has 164 valence electrons. The number of rotatable bonds is 5. The molecule has 33 heavy (non-hydrogen) atoms. The molecular formula is C27H21NO5. The van der Waals surface area contributed by atoms with E-state index in [9.17, 15) is 19.2 Å². The number of anilines is 1. The molecule has 3 aromatic carbocycles. The lowest BCUT2D eigenvalue weighted by molar-refractivity contribution is -0.122. The van der Waals surface area contributed by atoms with Gasteiger partial charge < -0.3 is 4.74 Å². The summed E-state index contributed by atoms with van der Waals surface area (Å²) in [5, 5.41) is 1.96. The molecule has 1 saturated heterocycles. The molecular weight excluding hydrogens is 418 g/mol. The number of esters is 1. The third kappa shape index (κ3) is 3.84. The minimum Gasteiger partial charge on any atom is -0.454 e. The molecule has 0 saturated carbocycles. The fourth-order valence-electron chi connectivity index (χ4n) is 4.46. The van der Waals surface area contributed by atoms with Crippen LogP contribution in [0.3, 0.4) is 0 Å². The molecule has 5 rings (SSSR count). The van der Waals surface area contributed by atoms with Gasteiger partial charge in [-0.1, -0.05) is 48.6 Å². The highest BCUT2D eigenvalue weighted by atomic mass is 16.5. The SMILES string of the molecule is O=C(COC(=O)c1ccc(N2C(=O)[C@@H]3CC=CC[C@H]3C2=O)cc1)c1ccc2ccccc2c1. The Balaban J connectivity index is 1.24. The number of imide groups is 1. The maximum atomic E-state index is 12.7. The Morgan fingerprint density at radius 2 is 1.39 bits per heavy atom. The average Bonchev–Trinajstić information content (AvgIpc) is 3.12. The Labute approximate surface area is 190 Å². The van der Waals surface area contributed by atoms with Gasteiger partial charge in [-0.05, 0) is 53.9 Å². The Morgan fingerprint density at radius 3 is 2.06 bits per heavy atom. The van der Waals surface area contributed by atoms with Gasteiger partial charge >= 0.3 is 5.97 Å². The van der Waals surface area contributed by atoms with Gasteiger partial charge in [-0.25, -0.2) is 4.79 Å². The van der Waals surface area contributed by atoms with Gasteiger partial charge in [0.05, 0.1) is 23.1 Å². The van der Waals surface area contributed by atoms with Gasteiger partial charge in [0.2, 0.25) is 11.8 Å². The minimum atomic E-state index is -0.646. The Hall–Kier alpha value is -4.06. The Kier molecular flexibility index (Phi) is 5.34. The van der Waals surface area contributed by atoms with Gasteiger partial charge in [-0.2, -0.15) is 0 Å². The first-order valence-corrected chi connectivity index (χ1v) is 10.8. The van der Waals surface area contributed by atoms with Crippen LogP contribution in [-0.4, -0.2) is 30.2 Å². The summed E-state index contributed by atoms with van der Waals surface area (Å²) in [6, 6.07) is 19.2. The zero-order chi connectivity index (χ0) is 22.9. The third-order valence-electron chi connectivity index (χ3n) is 6.27. The zero-order valence-corrected chi connectivity index (χ0v) is 17.8. The topological polar surface area (TPSA) is 80.8 Å². The zero-order valence-electron chi connectivity index (χ0n) is 17.8. The van der Waals surface area contributed by atoms with Crippen molar-refractivity contribution in [2.24, 2.45) is 11.8 Å². The lowest BCUT2D eigenvalue weighted by Gasteiger charge is -2.15. The highest BCUT2D eigenvalue weighted by Crippen LogP contribution is 2.37. The van der Waals surface area contributed by atoms with Gasteiger partial charge in [0, 0.05) is 5.56 Å². The molecule has 6 heteroatoms. The van der Waals surface area contributed by atoms with E-state index in [0.29, 0.717) is 24.1 Å². The average molecular weight is 439 g/mol. The summed E-state index contributed by atoms with van der Waals surface area (Å²) in [5.74, 6) is -1.97. The fraction of sp³-hybridized carbons (Fsp3) is 0.185. The summed E-state index contributed by atoms with van der Waals surface area (Å²) in [5.41, 5.74) is 1.14. The van der Waals surface area contributed by atoms with Crippen LogP contribution in [0.1, 0.15) is 33.6 Å². The van der Waals surface area contributed by atoms with Crippen LogP contribution in [0.4, 0.5) is 5.69 Å². The molecule has 1 aliphatic carbocycles. The number of carbonyl (C=O) groups is 4. The van der Waals surface area contributed by atoms with E-state index in [4.69, 9.17) is 4.74 Å². The number of nitrogens with zero attached hydrogens (tertiary/aromatic N) is 1. The number of benzene rings is 3. The third-order valence-corrected chi connectivity index (χ3v) is 6.27. The molecule has 0 spiro atoms. The molecule has 3 aromatic rings. The van der Waals surface area contributed by atoms with E-state index in [1.54, 1.807) is 24.3 Å². The first-order chi connectivity index (χ1) is 16.0. The molecule has 2 atom stereocenters. The molecule has 0 bridgehead atoms. The largest absolute Gasteiger partial charge is 0.454 e. The van der Waals surface area contributed by atoms with E-state index in [1.807, 2.05) is 42.5 Å². The van der Waals surface area contributed by atoms with Crippen molar-refractivity contribution in [3.05, 3.63) is 90.0 Å². The highest BCUT2D eigenvalue weighted by Gasteiger charge is 2.47. The van der Waals surface area contributed by atoms with Crippen LogP contribution in [0.25, 0.3) is 10.8 Å². The van der Waals surface area contributed by atoms with E-state index in [1.165, 1.54) is 17.0 Å². The first-order valence-electron chi connectivity index (χ1n) is 10.8. The fourth-order valence-corrected chi connectivity index (χ4v) is 4.46. The van der Waals surface area contributed by atoms with Crippen LogP contribution < -0.4 is 4.90 Å². The van der Waals surface area contributed by atoms with E-state index in [0.717, 1.165) is 10.8 Å². The second-order valence-electron chi connectivity index (χ2n) is 8.28. The number of ether oxygens (including phenoxy) is 1. The van der Waals surface area contributed by atoms with Crippen molar-refractivity contribution in [2.45, 2.75) is 12.8 Å². The summed E-state index contributed by atoms with van der Waals surface area (Å²) >= 11 is 0. The number of fused-ring (bicyclic) bond motifs is 2. The van der Waals surface area contributed by atoms with Gasteiger partial charge in [0.1, 0.15) is 0 Å². The van der Waals surface area contributed by atoms with Crippen molar-refractivity contribution in [3.8, 4) is 0 Å². The number of hydrogen-bond donors (Lipinski definition) is 0. The molecule has 2 aliphatic rings. The predicted molar refractivity (Wildman–Crippen MR) is 123 cm³/mol. The molecule has 0 N–H and O–H groups in total. The maximum absolute atomic E-state index is 12.7. The predicted octanol–water partition coefficient (Wildman–Crippen LogP) is 4.34. The van der Waals surface area contributed by atoms with Crippen molar-refractivity contribution < 1.29 is 23.9 Å². The van der Waals surface area contributed by atoms with Crippen molar-refractivity contribution in [1.29, 1.82) is 0 Å². The van der Waals surface area contributed by atoms with Crippen molar-refractivity contribution in [2.75, 3.05) is 11.5 Å². The molecule has 1 heterocycles. The second kappa shape index (κ2) is 8.47. The number of allylic oxidation sites excluding steroid dienone is 2. The van der Waals surface area contributed by atoms with Crippen molar-refractivity contribution >= 4 is 40.0 Å². The van der Waals surface area contributed by atoms with Crippen LogP contribution in [0.2, 0.25) is 0 Å². The first kappa shape index (κ1) is 20.8. The van der Waals surface area contributed by atoms with Gasteiger partial charge in [-0.3, -0.25) is 19.3 Å². The summed E-state index contributed by atoms with van der Waals surface area (Å²) in [6.45, 7) is -0.377. The summed E-state index contributed by atoms with van der Waals surface area (Å²) in [6.07, 6.45) is 5.02. The van der Waals surface area contributed by atoms with Crippen LogP contribution >= 0.6 is 0 Å². The molecule has 0 radical (unpaired) electrons. The van der Waals surface area contributed by atoms with Crippen LogP contribution in [0.5, 0.6) is 0 Å². The number of hydrogen-bond acceptors (Lipinski definition) is 5. The van der Waals surface area contributed by atoms with Crippen LogP contribution in [0, 0.1) is 11.8 Å². The number of carbonyl (C=O) groups excluding carboxylic acids is 4. The highest BCUT2D eigenvalue weighted by molar-refractivity contribution is 6.22. The normalized spacial score (nSPS) is 19.6. The smallest absolute Gasteiger partial charge is 0.338 e. The summed E-state index contributed by atoms with van der Waals surface area (Å²) in [4.78, 5) is 51.5. The van der Waals surface area contributed by atoms with Gasteiger partial charge in [0.15, 0.2) is 12.4 Å². The van der Waals surface area contributed by atoms with E-state index in [-0.39, 0.29) is 41.6 Å². The van der Waals surface area contributed by atoms with E-state index < -0.39 is 5.97 Å². The van der Waals surface area contributed by atoms with E-state index in [2.05, 4.69) is 0 Å². The van der Waals surface area contributed by atoms with E-state index >= 15 is 0 Å².